The van der Waals surface area contributed by atoms with Crippen LogP contribution >= 0.6 is 0 Å². The Labute approximate surface area is 111 Å². The number of methoxy groups -OCH3 is 1. The summed E-state index contributed by atoms with van der Waals surface area (Å²) < 4.78 is 5.06. The first-order valence-corrected chi connectivity index (χ1v) is 6.27. The van der Waals surface area contributed by atoms with Crippen LogP contribution in [0, 0.1) is 10.1 Å². The van der Waals surface area contributed by atoms with Crippen molar-refractivity contribution in [2.45, 2.75) is 18.9 Å². The number of pyridine rings is 1. The van der Waals surface area contributed by atoms with Crippen LogP contribution in [0.4, 0.5) is 11.5 Å². The molecule has 0 radical (unpaired) electrons. The molecule has 19 heavy (non-hydrogen) atoms. The van der Waals surface area contributed by atoms with Crippen molar-refractivity contribution in [2.75, 3.05) is 32.1 Å². The summed E-state index contributed by atoms with van der Waals surface area (Å²) in [4.78, 5) is 16.9. The molecular weight excluding hydrogens is 248 g/mol. The van der Waals surface area contributed by atoms with Crippen LogP contribution in [-0.2, 0) is 0 Å². The first-order chi connectivity index (χ1) is 9.15. The average Bonchev–Trinajstić information content (AvgIpc) is 2.46. The lowest BCUT2D eigenvalue weighted by molar-refractivity contribution is -0.384. The zero-order valence-electron chi connectivity index (χ0n) is 11.1. The second kappa shape index (κ2) is 5.83. The first kappa shape index (κ1) is 13.5. The van der Waals surface area contributed by atoms with Crippen LogP contribution in [0.2, 0.25) is 0 Å². The normalized spacial score (nSPS) is 19.3. The number of rotatable bonds is 4. The van der Waals surface area contributed by atoms with Crippen LogP contribution in [0.3, 0.4) is 0 Å². The number of aromatic nitrogens is 1. The molecule has 1 fully saturated rings. The lowest BCUT2D eigenvalue weighted by Crippen LogP contribution is -2.45. The monoisotopic (exact) mass is 266 g/mol. The molecule has 0 spiro atoms. The van der Waals surface area contributed by atoms with E-state index >= 15 is 0 Å². The smallest absolute Gasteiger partial charge is 0.311 e. The molecule has 1 N–H and O–H groups in total. The summed E-state index contributed by atoms with van der Waals surface area (Å²) in [7, 11) is 3.41. The van der Waals surface area contributed by atoms with Gasteiger partial charge < -0.3 is 15.0 Å². The number of nitrogens with one attached hydrogen (secondary N) is 1. The maximum atomic E-state index is 11.1. The van der Waals surface area contributed by atoms with E-state index in [4.69, 9.17) is 4.74 Å². The van der Waals surface area contributed by atoms with E-state index in [0.29, 0.717) is 17.7 Å². The van der Waals surface area contributed by atoms with E-state index in [9.17, 15) is 10.1 Å². The molecule has 1 aromatic rings. The van der Waals surface area contributed by atoms with Gasteiger partial charge in [-0.1, -0.05) is 0 Å². The van der Waals surface area contributed by atoms with Crippen LogP contribution in [0.25, 0.3) is 0 Å². The Morgan fingerprint density at radius 3 is 3.00 bits per heavy atom. The van der Waals surface area contributed by atoms with Gasteiger partial charge in [-0.15, -0.1) is 0 Å². The highest BCUT2D eigenvalue weighted by atomic mass is 16.6. The Morgan fingerprint density at radius 1 is 1.58 bits per heavy atom. The minimum absolute atomic E-state index is 0.0255. The number of nitro groups is 1. The summed E-state index contributed by atoms with van der Waals surface area (Å²) in [5, 5.41) is 14.3. The predicted molar refractivity (Wildman–Crippen MR) is 71.7 cm³/mol. The topological polar surface area (TPSA) is 80.5 Å². The van der Waals surface area contributed by atoms with Gasteiger partial charge in [0, 0.05) is 31.3 Å². The van der Waals surface area contributed by atoms with Crippen molar-refractivity contribution in [2.24, 2.45) is 0 Å². The SMILES string of the molecule is CNC1CCCN(c2nc(OC)ccc2[N+](=O)[O-])C1. The number of nitrogens with zero attached hydrogens (tertiary/aromatic N) is 3. The Balaban J connectivity index is 2.32. The van der Waals surface area contributed by atoms with E-state index in [1.807, 2.05) is 11.9 Å². The quantitative estimate of drug-likeness (QED) is 0.651. The third-order valence-corrected chi connectivity index (χ3v) is 3.36. The second-order valence-corrected chi connectivity index (χ2v) is 4.53. The summed E-state index contributed by atoms with van der Waals surface area (Å²) in [5.41, 5.74) is 0.0255. The van der Waals surface area contributed by atoms with Gasteiger partial charge in [0.25, 0.3) is 0 Å². The molecular formula is C12H18N4O3. The summed E-state index contributed by atoms with van der Waals surface area (Å²) in [6.45, 7) is 1.50. The molecule has 0 aromatic carbocycles. The van der Waals surface area contributed by atoms with Crippen molar-refractivity contribution in [3.05, 3.63) is 22.2 Å². The molecule has 1 aliphatic heterocycles. The molecule has 0 amide bonds. The maximum absolute atomic E-state index is 11.1. The molecule has 1 unspecified atom stereocenters. The Hall–Kier alpha value is -1.89. The molecule has 1 atom stereocenters. The van der Waals surface area contributed by atoms with E-state index in [2.05, 4.69) is 10.3 Å². The van der Waals surface area contributed by atoms with Gasteiger partial charge in [-0.3, -0.25) is 10.1 Å². The van der Waals surface area contributed by atoms with E-state index in [-0.39, 0.29) is 5.69 Å². The largest absolute Gasteiger partial charge is 0.481 e. The van der Waals surface area contributed by atoms with Gasteiger partial charge in [0.15, 0.2) is 0 Å². The summed E-state index contributed by atoms with van der Waals surface area (Å²) in [5.74, 6) is 0.788. The van der Waals surface area contributed by atoms with Crippen LogP contribution in [-0.4, -0.2) is 43.2 Å². The molecule has 2 heterocycles. The summed E-state index contributed by atoms with van der Waals surface area (Å²) in [6.07, 6.45) is 2.06. The zero-order chi connectivity index (χ0) is 13.8. The average molecular weight is 266 g/mol. The van der Waals surface area contributed by atoms with Gasteiger partial charge in [0.2, 0.25) is 11.7 Å². The number of anilines is 1. The zero-order valence-corrected chi connectivity index (χ0v) is 11.1. The van der Waals surface area contributed by atoms with Gasteiger partial charge in [-0.05, 0) is 19.9 Å². The second-order valence-electron chi connectivity index (χ2n) is 4.53. The molecule has 2 rings (SSSR count). The highest BCUT2D eigenvalue weighted by Gasteiger charge is 2.26. The number of likely N-dealkylation sites (N-methyl/N-ethyl adjacent to an activating group) is 1. The molecule has 1 saturated heterocycles. The summed E-state index contributed by atoms with van der Waals surface area (Å²) >= 11 is 0. The van der Waals surface area contributed by atoms with E-state index < -0.39 is 4.92 Å². The van der Waals surface area contributed by atoms with E-state index in [0.717, 1.165) is 25.9 Å². The minimum atomic E-state index is -0.398. The lowest BCUT2D eigenvalue weighted by atomic mass is 10.1. The minimum Gasteiger partial charge on any atom is -0.481 e. The number of ether oxygens (including phenoxy) is 1. The van der Waals surface area contributed by atoms with Crippen LogP contribution in [0.1, 0.15) is 12.8 Å². The van der Waals surface area contributed by atoms with E-state index in [1.54, 1.807) is 0 Å². The molecule has 0 bridgehead atoms. The van der Waals surface area contributed by atoms with Gasteiger partial charge in [-0.25, -0.2) is 0 Å². The predicted octanol–water partition coefficient (Wildman–Crippen LogP) is 1.19. The molecule has 1 aromatic heterocycles. The summed E-state index contributed by atoms with van der Waals surface area (Å²) in [6, 6.07) is 3.30. The van der Waals surface area contributed by atoms with Crippen molar-refractivity contribution in [3.8, 4) is 5.88 Å². The fourth-order valence-electron chi connectivity index (χ4n) is 2.32. The van der Waals surface area contributed by atoms with Crippen molar-refractivity contribution < 1.29 is 9.66 Å². The fourth-order valence-corrected chi connectivity index (χ4v) is 2.32. The first-order valence-electron chi connectivity index (χ1n) is 6.27. The molecule has 7 heteroatoms. The standard InChI is InChI=1S/C12H18N4O3/c1-13-9-4-3-7-15(8-9)12-10(16(17)18)5-6-11(14-12)19-2/h5-6,9,13H,3-4,7-8H2,1-2H3. The van der Waals surface area contributed by atoms with E-state index in [1.165, 1.54) is 19.2 Å². The van der Waals surface area contributed by atoms with Gasteiger partial charge >= 0.3 is 5.69 Å². The number of piperidine rings is 1. The molecule has 0 saturated carbocycles. The molecule has 7 nitrogen and oxygen atoms in total. The van der Waals surface area contributed by atoms with Gasteiger partial charge in [0.05, 0.1) is 12.0 Å². The van der Waals surface area contributed by atoms with Crippen molar-refractivity contribution >= 4 is 11.5 Å². The Morgan fingerprint density at radius 2 is 2.37 bits per heavy atom. The van der Waals surface area contributed by atoms with Crippen molar-refractivity contribution in [1.82, 2.24) is 10.3 Å². The van der Waals surface area contributed by atoms with Crippen LogP contribution in [0.5, 0.6) is 5.88 Å². The fraction of sp³-hybridized carbons (Fsp3) is 0.583. The Bertz CT molecular complexity index is 466. The number of hydrogen-bond acceptors (Lipinski definition) is 6. The van der Waals surface area contributed by atoms with Crippen molar-refractivity contribution in [1.29, 1.82) is 0 Å². The van der Waals surface area contributed by atoms with Crippen LogP contribution < -0.4 is 15.0 Å². The molecule has 0 aliphatic carbocycles. The third kappa shape index (κ3) is 2.93. The lowest BCUT2D eigenvalue weighted by Gasteiger charge is -2.33. The number of hydrogen-bond donors (Lipinski definition) is 1. The van der Waals surface area contributed by atoms with Crippen LogP contribution in [0.15, 0.2) is 12.1 Å². The highest BCUT2D eigenvalue weighted by Crippen LogP contribution is 2.30. The van der Waals surface area contributed by atoms with Gasteiger partial charge in [-0.2, -0.15) is 4.98 Å². The highest BCUT2D eigenvalue weighted by molar-refractivity contribution is 5.59. The maximum Gasteiger partial charge on any atom is 0.311 e. The molecule has 104 valence electrons. The van der Waals surface area contributed by atoms with Gasteiger partial charge in [0.1, 0.15) is 0 Å². The van der Waals surface area contributed by atoms with Crippen molar-refractivity contribution in [3.63, 3.8) is 0 Å². The molecule has 1 aliphatic rings. The Kier molecular flexibility index (Phi) is 4.16. The third-order valence-electron chi connectivity index (χ3n) is 3.36.